The van der Waals surface area contributed by atoms with Crippen molar-refractivity contribution in [2.24, 2.45) is 0 Å². The molecular weight excluding hydrogens is 348 g/mol. The Morgan fingerprint density at radius 2 is 1.56 bits per heavy atom. The van der Waals surface area contributed by atoms with Crippen LogP contribution in [0.2, 0.25) is 0 Å². The molecule has 0 radical (unpaired) electrons. The minimum Gasteiger partial charge on any atom is -0.376 e. The Morgan fingerprint density at radius 1 is 0.963 bits per heavy atom. The summed E-state index contributed by atoms with van der Waals surface area (Å²) in [4.78, 5) is 36.2. The molecule has 140 valence electrons. The Bertz CT molecular complexity index is 828. The number of amides is 2. The zero-order valence-electron chi connectivity index (χ0n) is 14.7. The fourth-order valence-electron chi connectivity index (χ4n) is 2.89. The molecule has 1 aliphatic heterocycles. The number of likely N-dealkylation sites (tertiary alicyclic amines) is 1. The van der Waals surface area contributed by atoms with Crippen LogP contribution in [0.4, 0.5) is 17.1 Å². The van der Waals surface area contributed by atoms with Crippen LogP contribution in [0.5, 0.6) is 0 Å². The molecule has 0 aromatic heterocycles. The van der Waals surface area contributed by atoms with Crippen molar-refractivity contribution in [2.75, 3.05) is 30.3 Å². The zero-order chi connectivity index (χ0) is 19.2. The van der Waals surface area contributed by atoms with Crippen LogP contribution in [-0.2, 0) is 4.79 Å². The number of carbonyl (C=O) groups excluding carboxylic acids is 2. The maximum absolute atomic E-state index is 12.3. The fraction of sp³-hybridized carbons (Fsp3) is 0.263. The average Bonchev–Trinajstić information content (AvgIpc) is 3.21. The Kier molecular flexibility index (Phi) is 5.65. The summed E-state index contributed by atoms with van der Waals surface area (Å²) in [5.41, 5.74) is 1.82. The Labute approximate surface area is 156 Å². The first-order valence-corrected chi connectivity index (χ1v) is 8.70. The van der Waals surface area contributed by atoms with Crippen molar-refractivity contribution in [3.05, 3.63) is 64.2 Å². The number of hydrogen-bond donors (Lipinski definition) is 2. The summed E-state index contributed by atoms with van der Waals surface area (Å²) >= 11 is 0. The van der Waals surface area contributed by atoms with Gasteiger partial charge in [-0.25, -0.2) is 0 Å². The van der Waals surface area contributed by atoms with E-state index in [1.165, 1.54) is 24.3 Å². The normalized spacial score (nSPS) is 13.3. The summed E-state index contributed by atoms with van der Waals surface area (Å²) in [7, 11) is 0. The highest BCUT2D eigenvalue weighted by Crippen LogP contribution is 2.17. The lowest BCUT2D eigenvalue weighted by Gasteiger charge is -2.15. The number of nitro benzene ring substituents is 1. The molecule has 2 amide bonds. The van der Waals surface area contributed by atoms with E-state index in [1.807, 2.05) is 4.90 Å². The Hall–Kier alpha value is -3.42. The van der Waals surface area contributed by atoms with Gasteiger partial charge < -0.3 is 15.5 Å². The molecule has 1 fully saturated rings. The van der Waals surface area contributed by atoms with Crippen LogP contribution in [-0.4, -0.2) is 41.3 Å². The topological polar surface area (TPSA) is 105 Å². The lowest BCUT2D eigenvalue weighted by atomic mass is 10.2. The van der Waals surface area contributed by atoms with E-state index < -0.39 is 4.92 Å². The molecule has 0 aliphatic carbocycles. The molecule has 0 atom stereocenters. The number of hydrogen-bond acceptors (Lipinski definition) is 5. The van der Waals surface area contributed by atoms with Crippen LogP contribution in [0.15, 0.2) is 48.5 Å². The second-order valence-electron chi connectivity index (χ2n) is 6.28. The number of nitro groups is 1. The Morgan fingerprint density at radius 3 is 2.15 bits per heavy atom. The molecule has 8 heteroatoms. The van der Waals surface area contributed by atoms with Crippen LogP contribution in [0.3, 0.4) is 0 Å². The van der Waals surface area contributed by atoms with Crippen LogP contribution >= 0.6 is 0 Å². The third-order valence-electron chi connectivity index (χ3n) is 4.34. The van der Waals surface area contributed by atoms with E-state index in [2.05, 4.69) is 10.6 Å². The van der Waals surface area contributed by atoms with Gasteiger partial charge >= 0.3 is 0 Å². The molecule has 0 spiro atoms. The van der Waals surface area contributed by atoms with Crippen LogP contribution in [0.25, 0.3) is 0 Å². The van der Waals surface area contributed by atoms with Crippen molar-refractivity contribution in [3.8, 4) is 0 Å². The number of anilines is 2. The molecule has 2 N–H and O–H groups in total. The molecule has 2 aromatic carbocycles. The van der Waals surface area contributed by atoms with Crippen molar-refractivity contribution >= 4 is 28.9 Å². The van der Waals surface area contributed by atoms with Gasteiger partial charge in [0.1, 0.15) is 0 Å². The van der Waals surface area contributed by atoms with E-state index in [1.54, 1.807) is 24.3 Å². The molecule has 0 saturated carbocycles. The summed E-state index contributed by atoms with van der Waals surface area (Å²) in [5, 5.41) is 16.3. The van der Waals surface area contributed by atoms with Crippen LogP contribution in [0.1, 0.15) is 23.2 Å². The molecule has 2 aromatic rings. The predicted octanol–water partition coefficient (Wildman–Crippen LogP) is 2.88. The summed E-state index contributed by atoms with van der Waals surface area (Å²) in [6.07, 6.45) is 2.10. The van der Waals surface area contributed by atoms with Crippen LogP contribution < -0.4 is 10.6 Å². The predicted molar refractivity (Wildman–Crippen MR) is 102 cm³/mol. The average molecular weight is 368 g/mol. The second kappa shape index (κ2) is 8.31. The van der Waals surface area contributed by atoms with E-state index in [0.29, 0.717) is 11.3 Å². The largest absolute Gasteiger partial charge is 0.376 e. The summed E-state index contributed by atoms with van der Waals surface area (Å²) in [6.45, 7) is 1.65. The quantitative estimate of drug-likeness (QED) is 0.603. The first-order chi connectivity index (χ1) is 13.0. The summed E-state index contributed by atoms with van der Waals surface area (Å²) < 4.78 is 0. The van der Waals surface area contributed by atoms with Gasteiger partial charge in [-0.05, 0) is 49.2 Å². The summed E-state index contributed by atoms with van der Waals surface area (Å²) in [5.74, 6) is -0.240. The molecule has 1 aliphatic rings. The summed E-state index contributed by atoms with van der Waals surface area (Å²) in [6, 6.07) is 12.7. The number of non-ortho nitro benzene ring substituents is 1. The van der Waals surface area contributed by atoms with Crippen molar-refractivity contribution < 1.29 is 14.5 Å². The van der Waals surface area contributed by atoms with Gasteiger partial charge in [0, 0.05) is 42.2 Å². The molecule has 1 heterocycles. The van der Waals surface area contributed by atoms with E-state index >= 15 is 0 Å². The SMILES string of the molecule is O=C(CNc1ccc(C(=O)N2CCCC2)cc1)Nc1ccc([N+](=O)[O-])cc1. The fourth-order valence-corrected chi connectivity index (χ4v) is 2.89. The Balaban J connectivity index is 1.49. The maximum atomic E-state index is 12.3. The zero-order valence-corrected chi connectivity index (χ0v) is 14.7. The standard InChI is InChI=1S/C19H20N4O4/c24-18(21-16-7-9-17(10-8-16)23(26)27)13-20-15-5-3-14(4-6-15)19(25)22-11-1-2-12-22/h3-10,20H,1-2,11-13H2,(H,21,24). The third kappa shape index (κ3) is 4.81. The van der Waals surface area contributed by atoms with E-state index in [0.717, 1.165) is 31.6 Å². The van der Waals surface area contributed by atoms with Crippen molar-refractivity contribution in [1.82, 2.24) is 4.90 Å². The van der Waals surface area contributed by atoms with E-state index in [-0.39, 0.29) is 24.0 Å². The minimum absolute atomic E-state index is 0.0327. The highest BCUT2D eigenvalue weighted by molar-refractivity contribution is 5.95. The number of benzene rings is 2. The number of nitrogens with one attached hydrogen (secondary N) is 2. The van der Waals surface area contributed by atoms with Gasteiger partial charge in [-0.15, -0.1) is 0 Å². The van der Waals surface area contributed by atoms with Gasteiger partial charge in [0.05, 0.1) is 11.5 Å². The van der Waals surface area contributed by atoms with Crippen molar-refractivity contribution in [2.45, 2.75) is 12.8 Å². The monoisotopic (exact) mass is 368 g/mol. The molecule has 3 rings (SSSR count). The highest BCUT2D eigenvalue weighted by Gasteiger charge is 2.19. The minimum atomic E-state index is -0.495. The van der Waals surface area contributed by atoms with Gasteiger partial charge in [-0.1, -0.05) is 0 Å². The van der Waals surface area contributed by atoms with Crippen molar-refractivity contribution in [1.29, 1.82) is 0 Å². The van der Waals surface area contributed by atoms with Crippen LogP contribution in [0, 0.1) is 10.1 Å². The lowest BCUT2D eigenvalue weighted by Crippen LogP contribution is -2.27. The number of nitrogens with zero attached hydrogens (tertiary/aromatic N) is 2. The first-order valence-electron chi connectivity index (χ1n) is 8.70. The number of rotatable bonds is 6. The molecule has 0 unspecified atom stereocenters. The molecule has 8 nitrogen and oxygen atoms in total. The second-order valence-corrected chi connectivity index (χ2v) is 6.28. The van der Waals surface area contributed by atoms with Gasteiger partial charge in [0.15, 0.2) is 0 Å². The van der Waals surface area contributed by atoms with Gasteiger partial charge in [-0.3, -0.25) is 19.7 Å². The first kappa shape index (κ1) is 18.4. The van der Waals surface area contributed by atoms with Gasteiger partial charge in [0.2, 0.25) is 5.91 Å². The highest BCUT2D eigenvalue weighted by atomic mass is 16.6. The van der Waals surface area contributed by atoms with Crippen molar-refractivity contribution in [3.63, 3.8) is 0 Å². The number of carbonyl (C=O) groups is 2. The third-order valence-corrected chi connectivity index (χ3v) is 4.34. The van der Waals surface area contributed by atoms with Gasteiger partial charge in [-0.2, -0.15) is 0 Å². The molecular formula is C19H20N4O4. The van der Waals surface area contributed by atoms with Gasteiger partial charge in [0.25, 0.3) is 11.6 Å². The molecule has 27 heavy (non-hydrogen) atoms. The maximum Gasteiger partial charge on any atom is 0.269 e. The van der Waals surface area contributed by atoms with E-state index in [4.69, 9.17) is 0 Å². The van der Waals surface area contributed by atoms with E-state index in [9.17, 15) is 19.7 Å². The smallest absolute Gasteiger partial charge is 0.269 e. The lowest BCUT2D eigenvalue weighted by molar-refractivity contribution is -0.384. The molecule has 1 saturated heterocycles. The molecule has 0 bridgehead atoms.